The number of allylic oxidation sites excluding steroid dienone is 3. The van der Waals surface area contributed by atoms with E-state index >= 15 is 0 Å². The third kappa shape index (κ3) is 5.15. The molecule has 0 saturated carbocycles. The van der Waals surface area contributed by atoms with Gasteiger partial charge in [0.2, 0.25) is 0 Å². The van der Waals surface area contributed by atoms with Gasteiger partial charge in [-0.1, -0.05) is 36.4 Å². The normalized spacial score (nSPS) is 17.8. The van der Waals surface area contributed by atoms with Crippen LogP contribution >= 0.6 is 0 Å². The second-order valence-corrected chi connectivity index (χ2v) is 7.46. The molecule has 2 aromatic carbocycles. The maximum absolute atomic E-state index is 12.7. The number of carbonyl (C=O) groups is 2. The predicted molar refractivity (Wildman–Crippen MR) is 118 cm³/mol. The summed E-state index contributed by atoms with van der Waals surface area (Å²) in [6.45, 7) is 1.84. The molecule has 0 saturated heterocycles. The number of nitrogens with one attached hydrogen (secondary N) is 1. The molecule has 2 aromatic rings. The molecule has 1 aliphatic heterocycles. The molecule has 6 nitrogen and oxygen atoms in total. The largest absolute Gasteiger partial charge is 0.508 e. The smallest absolute Gasteiger partial charge is 0.335 e. The van der Waals surface area contributed by atoms with Crippen molar-refractivity contribution in [2.45, 2.75) is 32.1 Å². The fraction of sp³-hybridized carbons (Fsp3) is 0.280. The zero-order chi connectivity index (χ0) is 22.4. The maximum atomic E-state index is 12.7. The SMILES string of the molecule is COC(=O)C1=C(C)NC2=C(C1)C(=O)CC(c1ccccc1OC)C2.Oc1ccccc1. The van der Waals surface area contributed by atoms with Gasteiger partial charge in [-0.15, -0.1) is 0 Å². The number of methoxy groups -OCH3 is 2. The number of carbonyl (C=O) groups excluding carboxylic acids is 2. The summed E-state index contributed by atoms with van der Waals surface area (Å²) in [5.74, 6) is 0.896. The summed E-state index contributed by atoms with van der Waals surface area (Å²) in [7, 11) is 3.00. The van der Waals surface area contributed by atoms with Crippen molar-refractivity contribution in [1.82, 2.24) is 5.32 Å². The van der Waals surface area contributed by atoms with Gasteiger partial charge in [0, 0.05) is 35.7 Å². The van der Waals surface area contributed by atoms with E-state index in [0.717, 1.165) is 29.1 Å². The summed E-state index contributed by atoms with van der Waals surface area (Å²) < 4.78 is 10.2. The molecule has 4 rings (SSSR count). The predicted octanol–water partition coefficient (Wildman–Crippen LogP) is 4.23. The lowest BCUT2D eigenvalue weighted by molar-refractivity contribution is -0.136. The summed E-state index contributed by atoms with van der Waals surface area (Å²) in [4.78, 5) is 24.5. The van der Waals surface area contributed by atoms with Gasteiger partial charge in [0.15, 0.2) is 5.78 Å². The maximum Gasteiger partial charge on any atom is 0.335 e. The fourth-order valence-corrected chi connectivity index (χ4v) is 3.90. The molecular formula is C25H27NO5. The molecule has 0 amide bonds. The lowest BCUT2D eigenvalue weighted by Crippen LogP contribution is -2.31. The van der Waals surface area contributed by atoms with Crippen molar-refractivity contribution in [1.29, 1.82) is 0 Å². The third-order valence-electron chi connectivity index (χ3n) is 5.49. The highest BCUT2D eigenvalue weighted by atomic mass is 16.5. The molecule has 0 fully saturated rings. The minimum Gasteiger partial charge on any atom is -0.508 e. The van der Waals surface area contributed by atoms with E-state index in [9.17, 15) is 9.59 Å². The van der Waals surface area contributed by atoms with Crippen molar-refractivity contribution in [2.24, 2.45) is 0 Å². The van der Waals surface area contributed by atoms with Gasteiger partial charge in [0.25, 0.3) is 0 Å². The average Bonchev–Trinajstić information content (AvgIpc) is 2.79. The molecule has 6 heteroatoms. The molecule has 1 unspecified atom stereocenters. The van der Waals surface area contributed by atoms with Crippen LogP contribution in [0.2, 0.25) is 0 Å². The van der Waals surface area contributed by atoms with Crippen molar-refractivity contribution in [2.75, 3.05) is 14.2 Å². The van der Waals surface area contributed by atoms with E-state index in [1.807, 2.05) is 37.3 Å². The van der Waals surface area contributed by atoms with Gasteiger partial charge in [0.1, 0.15) is 11.5 Å². The van der Waals surface area contributed by atoms with Crippen molar-refractivity contribution in [3.8, 4) is 11.5 Å². The first-order valence-corrected chi connectivity index (χ1v) is 10.1. The lowest BCUT2D eigenvalue weighted by atomic mass is 9.78. The van der Waals surface area contributed by atoms with Crippen molar-refractivity contribution < 1.29 is 24.2 Å². The van der Waals surface area contributed by atoms with E-state index in [4.69, 9.17) is 14.6 Å². The highest BCUT2D eigenvalue weighted by Crippen LogP contribution is 2.41. The van der Waals surface area contributed by atoms with Gasteiger partial charge >= 0.3 is 5.97 Å². The molecule has 162 valence electrons. The average molecular weight is 421 g/mol. The van der Waals surface area contributed by atoms with Gasteiger partial charge in [-0.05, 0) is 37.1 Å². The highest BCUT2D eigenvalue weighted by molar-refractivity contribution is 6.01. The Balaban J connectivity index is 0.000000330. The lowest BCUT2D eigenvalue weighted by Gasteiger charge is -2.32. The van der Waals surface area contributed by atoms with E-state index in [2.05, 4.69) is 5.32 Å². The molecule has 0 bridgehead atoms. The first kappa shape index (κ1) is 22.2. The molecule has 0 aromatic heterocycles. The summed E-state index contributed by atoms with van der Waals surface area (Å²) in [5, 5.41) is 11.9. The van der Waals surface area contributed by atoms with E-state index in [1.54, 1.807) is 31.4 Å². The Morgan fingerprint density at radius 1 is 1.03 bits per heavy atom. The van der Waals surface area contributed by atoms with Crippen LogP contribution in [-0.2, 0) is 14.3 Å². The van der Waals surface area contributed by atoms with Crippen LogP contribution in [0.1, 0.15) is 37.7 Å². The number of dihydropyridines is 1. The van der Waals surface area contributed by atoms with E-state index in [1.165, 1.54) is 7.11 Å². The van der Waals surface area contributed by atoms with Gasteiger partial charge < -0.3 is 19.9 Å². The first-order valence-electron chi connectivity index (χ1n) is 10.1. The van der Waals surface area contributed by atoms with E-state index in [0.29, 0.717) is 29.7 Å². The van der Waals surface area contributed by atoms with Gasteiger partial charge in [0.05, 0.1) is 19.8 Å². The molecule has 2 N–H and O–H groups in total. The molecule has 1 aliphatic carbocycles. The molecular weight excluding hydrogens is 394 g/mol. The quantitative estimate of drug-likeness (QED) is 0.722. The van der Waals surface area contributed by atoms with Crippen LogP contribution in [-0.4, -0.2) is 31.1 Å². The van der Waals surface area contributed by atoms with Crippen molar-refractivity contribution in [3.05, 3.63) is 82.7 Å². The van der Waals surface area contributed by atoms with Crippen molar-refractivity contribution in [3.63, 3.8) is 0 Å². The van der Waals surface area contributed by atoms with Crippen LogP contribution in [0.3, 0.4) is 0 Å². The number of aromatic hydroxyl groups is 1. The number of phenols is 1. The van der Waals surface area contributed by atoms with Crippen molar-refractivity contribution >= 4 is 11.8 Å². The number of Topliss-reactive ketones (excluding diaryl/α,β-unsaturated/α-hetero) is 1. The molecule has 1 atom stereocenters. The summed E-state index contributed by atoms with van der Waals surface area (Å²) >= 11 is 0. The van der Waals surface area contributed by atoms with E-state index < -0.39 is 0 Å². The summed E-state index contributed by atoms with van der Waals surface area (Å²) in [6, 6.07) is 16.5. The Morgan fingerprint density at radius 3 is 2.32 bits per heavy atom. The number of hydrogen-bond donors (Lipinski definition) is 2. The van der Waals surface area contributed by atoms with Crippen LogP contribution in [0.5, 0.6) is 11.5 Å². The molecule has 0 radical (unpaired) electrons. The number of para-hydroxylation sites is 2. The Hall–Kier alpha value is -3.54. The topological polar surface area (TPSA) is 84.9 Å². The van der Waals surface area contributed by atoms with Gasteiger partial charge in [-0.25, -0.2) is 4.79 Å². The highest BCUT2D eigenvalue weighted by Gasteiger charge is 2.34. The number of phenolic OH excluding ortho intramolecular Hbond substituents is 1. The minimum atomic E-state index is -0.383. The zero-order valence-electron chi connectivity index (χ0n) is 18.0. The summed E-state index contributed by atoms with van der Waals surface area (Å²) in [5.41, 5.74) is 3.94. The fourth-order valence-electron chi connectivity index (χ4n) is 3.90. The monoisotopic (exact) mass is 421 g/mol. The third-order valence-corrected chi connectivity index (χ3v) is 5.49. The van der Waals surface area contributed by atoms with Crippen LogP contribution in [0, 0.1) is 0 Å². The van der Waals surface area contributed by atoms with Crippen LogP contribution in [0.4, 0.5) is 0 Å². The van der Waals surface area contributed by atoms with Crippen LogP contribution < -0.4 is 10.1 Å². The van der Waals surface area contributed by atoms with Crippen LogP contribution in [0.15, 0.2) is 77.1 Å². The number of benzene rings is 2. The number of rotatable bonds is 3. The minimum absolute atomic E-state index is 0.0763. The second kappa shape index (κ2) is 9.98. The molecule has 2 aliphatic rings. The number of hydrogen-bond acceptors (Lipinski definition) is 6. The zero-order valence-corrected chi connectivity index (χ0v) is 18.0. The second-order valence-electron chi connectivity index (χ2n) is 7.46. The number of esters is 1. The molecule has 31 heavy (non-hydrogen) atoms. The van der Waals surface area contributed by atoms with Gasteiger partial charge in [-0.3, -0.25) is 4.79 Å². The Bertz CT molecular complexity index is 1020. The number of ketones is 1. The van der Waals surface area contributed by atoms with Gasteiger partial charge in [-0.2, -0.15) is 0 Å². The molecule has 1 heterocycles. The Morgan fingerprint density at radius 2 is 1.71 bits per heavy atom. The Kier molecular flexibility index (Phi) is 7.13. The van der Waals surface area contributed by atoms with Crippen LogP contribution in [0.25, 0.3) is 0 Å². The number of ether oxygens (including phenoxy) is 2. The standard InChI is InChI=1S/C19H21NO4.C6H6O/c1-11-14(19(22)24-3)10-15-16(20-11)8-12(9-17(15)21)13-6-4-5-7-18(13)23-2;7-6-4-2-1-3-5-6/h4-7,12,20H,8-10H2,1-3H3;1-5,7H. The summed E-state index contributed by atoms with van der Waals surface area (Å²) in [6.07, 6.45) is 1.50. The van der Waals surface area contributed by atoms with E-state index in [-0.39, 0.29) is 17.7 Å². The first-order chi connectivity index (χ1) is 14.9. The molecule has 0 spiro atoms. The Labute approximate surface area is 182 Å².